The molecule has 30 heavy (non-hydrogen) atoms. The van der Waals surface area contributed by atoms with Crippen LogP contribution in [0.4, 0.5) is 9.52 Å². The van der Waals surface area contributed by atoms with Crippen molar-refractivity contribution in [2.45, 2.75) is 40.7 Å². The van der Waals surface area contributed by atoms with Crippen molar-refractivity contribution < 1.29 is 9.18 Å². The Morgan fingerprint density at radius 1 is 1.23 bits per heavy atom. The van der Waals surface area contributed by atoms with Crippen molar-refractivity contribution in [2.75, 3.05) is 31.1 Å². The zero-order valence-electron chi connectivity index (χ0n) is 18.1. The number of hydrogen-bond acceptors (Lipinski definition) is 5. The predicted octanol–water partition coefficient (Wildman–Crippen LogP) is 4.93. The number of para-hydroxylation sites is 1. The van der Waals surface area contributed by atoms with E-state index in [4.69, 9.17) is 0 Å². The lowest BCUT2D eigenvalue weighted by Crippen LogP contribution is -2.39. The van der Waals surface area contributed by atoms with Crippen molar-refractivity contribution >= 4 is 45.0 Å². The number of benzene rings is 1. The molecule has 0 spiro atoms. The molecule has 1 aromatic carbocycles. The van der Waals surface area contributed by atoms with Crippen molar-refractivity contribution in [2.24, 2.45) is 0 Å². The molecule has 164 valence electrons. The second-order valence-corrected chi connectivity index (χ2v) is 8.29. The van der Waals surface area contributed by atoms with Crippen molar-refractivity contribution in [3.63, 3.8) is 0 Å². The third-order valence-corrected chi connectivity index (χ3v) is 5.98. The predicted molar refractivity (Wildman–Crippen MR) is 124 cm³/mol. The lowest BCUT2D eigenvalue weighted by atomic mass is 10.3. The van der Waals surface area contributed by atoms with Gasteiger partial charge in [0.25, 0.3) is 5.91 Å². The lowest BCUT2D eigenvalue weighted by Gasteiger charge is -2.25. The number of anilines is 1. The van der Waals surface area contributed by atoms with E-state index in [2.05, 4.69) is 28.8 Å². The molecule has 6 nitrogen and oxygen atoms in total. The van der Waals surface area contributed by atoms with E-state index in [1.807, 2.05) is 26.8 Å². The van der Waals surface area contributed by atoms with Gasteiger partial charge in [-0.25, -0.2) is 9.37 Å². The number of halogens is 2. The minimum Gasteiger partial charge on any atom is -0.302 e. The van der Waals surface area contributed by atoms with Crippen LogP contribution in [-0.4, -0.2) is 51.8 Å². The standard InChI is InChI=1S/C21H28FN5OS.ClH/c1-6-25(7-2)11-12-26(20(28)17-13-15(5)24-27(17)14(3)4)21-23-19-16(22)9-8-10-18(19)29-21;/h8-10,13-14H,6-7,11-12H2,1-5H3;1H. The molecule has 0 radical (unpaired) electrons. The van der Waals surface area contributed by atoms with Gasteiger partial charge in [0.05, 0.1) is 10.4 Å². The number of fused-ring (bicyclic) bond motifs is 1. The van der Waals surface area contributed by atoms with Crippen LogP contribution >= 0.6 is 23.7 Å². The molecule has 0 aliphatic rings. The Morgan fingerprint density at radius 3 is 2.53 bits per heavy atom. The maximum Gasteiger partial charge on any atom is 0.278 e. The van der Waals surface area contributed by atoms with E-state index in [1.54, 1.807) is 21.7 Å². The van der Waals surface area contributed by atoms with Crippen LogP contribution in [0, 0.1) is 12.7 Å². The second kappa shape index (κ2) is 10.3. The van der Waals surface area contributed by atoms with Gasteiger partial charge in [-0.3, -0.25) is 14.4 Å². The molecule has 3 aromatic rings. The van der Waals surface area contributed by atoms with Crippen LogP contribution in [0.3, 0.4) is 0 Å². The third kappa shape index (κ3) is 4.99. The lowest BCUT2D eigenvalue weighted by molar-refractivity contribution is 0.0971. The maximum absolute atomic E-state index is 14.2. The summed E-state index contributed by atoms with van der Waals surface area (Å²) >= 11 is 1.34. The van der Waals surface area contributed by atoms with E-state index >= 15 is 0 Å². The molecule has 2 heterocycles. The highest BCUT2D eigenvalue weighted by molar-refractivity contribution is 7.22. The monoisotopic (exact) mass is 453 g/mol. The van der Waals surface area contributed by atoms with E-state index in [0.717, 1.165) is 23.5 Å². The normalized spacial score (nSPS) is 11.3. The molecular weight excluding hydrogens is 425 g/mol. The molecule has 9 heteroatoms. The zero-order valence-corrected chi connectivity index (χ0v) is 19.7. The maximum atomic E-state index is 14.2. The molecule has 0 unspecified atom stereocenters. The highest BCUT2D eigenvalue weighted by Gasteiger charge is 2.26. The number of rotatable bonds is 8. The minimum atomic E-state index is -0.371. The summed E-state index contributed by atoms with van der Waals surface area (Å²) in [5, 5.41) is 4.98. The van der Waals surface area contributed by atoms with E-state index in [9.17, 15) is 9.18 Å². The first kappa shape index (κ1) is 24.2. The average Bonchev–Trinajstić information content (AvgIpc) is 3.29. The fourth-order valence-electron chi connectivity index (χ4n) is 3.29. The number of amides is 1. The quantitative estimate of drug-likeness (QED) is 0.485. The highest BCUT2D eigenvalue weighted by atomic mass is 35.5. The number of carbonyl (C=O) groups excluding carboxylic acids is 1. The van der Waals surface area contributed by atoms with Crippen molar-refractivity contribution in [1.29, 1.82) is 0 Å². The van der Waals surface area contributed by atoms with Gasteiger partial charge in [-0.05, 0) is 52.1 Å². The molecule has 0 N–H and O–H groups in total. The van der Waals surface area contributed by atoms with Gasteiger partial charge in [0.15, 0.2) is 5.13 Å². The van der Waals surface area contributed by atoms with Crippen LogP contribution < -0.4 is 4.90 Å². The Hall–Kier alpha value is -2.03. The summed E-state index contributed by atoms with van der Waals surface area (Å²) in [6.07, 6.45) is 0. The molecule has 0 bridgehead atoms. The van der Waals surface area contributed by atoms with Gasteiger partial charge in [-0.2, -0.15) is 5.10 Å². The molecule has 3 rings (SSSR count). The molecule has 0 aliphatic heterocycles. The number of nitrogens with zero attached hydrogens (tertiary/aromatic N) is 5. The number of likely N-dealkylation sites (N-methyl/N-ethyl adjacent to an activating group) is 1. The van der Waals surface area contributed by atoms with Gasteiger partial charge in [0, 0.05) is 19.1 Å². The summed E-state index contributed by atoms with van der Waals surface area (Å²) in [7, 11) is 0. The van der Waals surface area contributed by atoms with E-state index in [1.165, 1.54) is 17.4 Å². The van der Waals surface area contributed by atoms with Gasteiger partial charge < -0.3 is 4.90 Å². The fraction of sp³-hybridized carbons (Fsp3) is 0.476. The van der Waals surface area contributed by atoms with Crippen LogP contribution in [0.5, 0.6) is 0 Å². The van der Waals surface area contributed by atoms with Crippen LogP contribution in [0.2, 0.25) is 0 Å². The molecular formula is C21H29ClFN5OS. The summed E-state index contributed by atoms with van der Waals surface area (Å²) in [6.45, 7) is 13.1. The minimum absolute atomic E-state index is 0. The summed E-state index contributed by atoms with van der Waals surface area (Å²) < 4.78 is 16.7. The first-order valence-corrected chi connectivity index (χ1v) is 10.8. The Morgan fingerprint density at radius 2 is 1.93 bits per heavy atom. The Bertz CT molecular complexity index is 999. The Balaban J connectivity index is 0.00000320. The number of thiazole rings is 1. The van der Waals surface area contributed by atoms with Crippen LogP contribution in [0.25, 0.3) is 10.2 Å². The first-order chi connectivity index (χ1) is 13.8. The molecule has 0 atom stereocenters. The summed E-state index contributed by atoms with van der Waals surface area (Å²) in [5.74, 6) is -0.532. The van der Waals surface area contributed by atoms with E-state index in [-0.39, 0.29) is 30.2 Å². The van der Waals surface area contributed by atoms with Crippen molar-refractivity contribution in [3.8, 4) is 0 Å². The molecule has 0 saturated heterocycles. The van der Waals surface area contributed by atoms with Crippen LogP contribution in [0.15, 0.2) is 24.3 Å². The molecule has 2 aromatic heterocycles. The van der Waals surface area contributed by atoms with Crippen LogP contribution in [-0.2, 0) is 0 Å². The number of carbonyl (C=O) groups is 1. The van der Waals surface area contributed by atoms with Gasteiger partial charge >= 0.3 is 0 Å². The van der Waals surface area contributed by atoms with Gasteiger partial charge in [-0.1, -0.05) is 31.3 Å². The summed E-state index contributed by atoms with van der Waals surface area (Å²) in [4.78, 5) is 21.9. The smallest absolute Gasteiger partial charge is 0.278 e. The largest absolute Gasteiger partial charge is 0.302 e. The molecule has 0 aliphatic carbocycles. The average molecular weight is 454 g/mol. The highest BCUT2D eigenvalue weighted by Crippen LogP contribution is 2.31. The molecule has 0 fully saturated rings. The van der Waals surface area contributed by atoms with Gasteiger partial charge in [0.1, 0.15) is 17.0 Å². The number of aromatic nitrogens is 3. The number of aryl methyl sites for hydroxylation is 1. The zero-order chi connectivity index (χ0) is 21.1. The topological polar surface area (TPSA) is 54.3 Å². The van der Waals surface area contributed by atoms with E-state index < -0.39 is 0 Å². The SMILES string of the molecule is CCN(CC)CCN(C(=O)c1cc(C)nn1C(C)C)c1nc2c(F)cccc2s1.Cl. The molecule has 1 amide bonds. The number of hydrogen-bond donors (Lipinski definition) is 0. The molecule has 0 saturated carbocycles. The van der Waals surface area contributed by atoms with Crippen molar-refractivity contribution in [1.82, 2.24) is 19.7 Å². The Kier molecular flexibility index (Phi) is 8.34. The van der Waals surface area contributed by atoms with Crippen molar-refractivity contribution in [3.05, 3.63) is 41.5 Å². The summed E-state index contributed by atoms with van der Waals surface area (Å²) in [6, 6.07) is 6.75. The second-order valence-electron chi connectivity index (χ2n) is 7.28. The van der Waals surface area contributed by atoms with E-state index in [0.29, 0.717) is 29.4 Å². The van der Waals surface area contributed by atoms with Gasteiger partial charge in [0.2, 0.25) is 0 Å². The first-order valence-electron chi connectivity index (χ1n) is 10.0. The fourth-order valence-corrected chi connectivity index (χ4v) is 4.30. The third-order valence-electron chi connectivity index (χ3n) is 4.93. The summed E-state index contributed by atoms with van der Waals surface area (Å²) in [5.41, 5.74) is 1.62. The van der Waals surface area contributed by atoms with Gasteiger partial charge in [-0.15, -0.1) is 12.4 Å². The van der Waals surface area contributed by atoms with Crippen LogP contribution in [0.1, 0.15) is 49.9 Å². The Labute approximate surface area is 187 Å².